The zero-order valence-electron chi connectivity index (χ0n) is 9.24. The Morgan fingerprint density at radius 1 is 1.62 bits per heavy atom. The molecule has 4 heteroatoms. The number of carbonyl (C=O) groups is 1. The summed E-state index contributed by atoms with van der Waals surface area (Å²) in [6, 6.07) is 4.36. The summed E-state index contributed by atoms with van der Waals surface area (Å²) in [4.78, 5) is 13.4. The Balaban J connectivity index is 2.33. The van der Waals surface area contributed by atoms with Crippen molar-refractivity contribution in [2.75, 3.05) is 11.4 Å². The standard InChI is InChI=1S/C12H15FN2O/c1-2-10(14)12(16)15-7-6-8-4-3-5-9(13)11(8)15/h3-5,10H,2,6-7,14H2,1H3/t10-/m0/s1. The van der Waals surface area contributed by atoms with Gasteiger partial charge in [0.2, 0.25) is 5.91 Å². The van der Waals surface area contributed by atoms with Gasteiger partial charge in [0.25, 0.3) is 0 Å². The Labute approximate surface area is 94.0 Å². The van der Waals surface area contributed by atoms with Gasteiger partial charge in [0.1, 0.15) is 5.82 Å². The molecule has 1 heterocycles. The SMILES string of the molecule is CC[C@H](N)C(=O)N1CCc2cccc(F)c21. The molecular weight excluding hydrogens is 207 g/mol. The molecule has 1 atom stereocenters. The second-order valence-corrected chi connectivity index (χ2v) is 4.00. The van der Waals surface area contributed by atoms with Gasteiger partial charge in [-0.3, -0.25) is 4.79 Å². The predicted molar refractivity (Wildman–Crippen MR) is 60.7 cm³/mol. The lowest BCUT2D eigenvalue weighted by atomic mass is 10.1. The molecule has 16 heavy (non-hydrogen) atoms. The molecule has 0 radical (unpaired) electrons. The average molecular weight is 222 g/mol. The molecule has 1 aromatic carbocycles. The van der Waals surface area contributed by atoms with Crippen LogP contribution in [0.3, 0.4) is 0 Å². The van der Waals surface area contributed by atoms with Crippen LogP contribution in [0, 0.1) is 5.82 Å². The quantitative estimate of drug-likeness (QED) is 0.823. The molecule has 1 aliphatic rings. The smallest absolute Gasteiger partial charge is 0.243 e. The van der Waals surface area contributed by atoms with Gasteiger partial charge in [0.15, 0.2) is 0 Å². The van der Waals surface area contributed by atoms with Crippen molar-refractivity contribution in [2.24, 2.45) is 5.73 Å². The molecular formula is C12H15FN2O. The van der Waals surface area contributed by atoms with Crippen LogP contribution in [0.1, 0.15) is 18.9 Å². The summed E-state index contributed by atoms with van der Waals surface area (Å²) in [7, 11) is 0. The monoisotopic (exact) mass is 222 g/mol. The van der Waals surface area contributed by atoms with E-state index in [1.807, 2.05) is 13.0 Å². The van der Waals surface area contributed by atoms with Crippen LogP contribution in [0.2, 0.25) is 0 Å². The summed E-state index contributed by atoms with van der Waals surface area (Å²) in [5.74, 6) is -0.530. The van der Waals surface area contributed by atoms with Gasteiger partial charge < -0.3 is 10.6 Å². The fourth-order valence-electron chi connectivity index (χ4n) is 2.00. The molecule has 0 bridgehead atoms. The van der Waals surface area contributed by atoms with E-state index < -0.39 is 6.04 Å². The molecule has 2 N–H and O–H groups in total. The lowest BCUT2D eigenvalue weighted by Crippen LogP contribution is -2.43. The highest BCUT2D eigenvalue weighted by Crippen LogP contribution is 2.31. The van der Waals surface area contributed by atoms with Crippen molar-refractivity contribution in [3.05, 3.63) is 29.6 Å². The third-order valence-corrected chi connectivity index (χ3v) is 2.97. The van der Waals surface area contributed by atoms with E-state index >= 15 is 0 Å². The number of rotatable bonds is 2. The molecule has 0 saturated carbocycles. The third-order valence-electron chi connectivity index (χ3n) is 2.97. The molecule has 0 spiro atoms. The van der Waals surface area contributed by atoms with Gasteiger partial charge in [0.05, 0.1) is 11.7 Å². The number of hydrogen-bond donors (Lipinski definition) is 1. The van der Waals surface area contributed by atoms with Crippen molar-refractivity contribution < 1.29 is 9.18 Å². The van der Waals surface area contributed by atoms with Crippen molar-refractivity contribution >= 4 is 11.6 Å². The summed E-state index contributed by atoms with van der Waals surface area (Å²) in [6.45, 7) is 2.38. The van der Waals surface area contributed by atoms with Crippen molar-refractivity contribution in [2.45, 2.75) is 25.8 Å². The number of nitrogens with zero attached hydrogens (tertiary/aromatic N) is 1. The normalized spacial score (nSPS) is 16.1. The number of anilines is 1. The second-order valence-electron chi connectivity index (χ2n) is 4.00. The summed E-state index contributed by atoms with van der Waals surface area (Å²) in [6.07, 6.45) is 1.27. The zero-order valence-corrected chi connectivity index (χ0v) is 9.24. The van der Waals surface area contributed by atoms with Crippen molar-refractivity contribution in [1.29, 1.82) is 0 Å². The van der Waals surface area contributed by atoms with Gasteiger partial charge >= 0.3 is 0 Å². The molecule has 0 fully saturated rings. The van der Waals surface area contributed by atoms with E-state index in [9.17, 15) is 9.18 Å². The highest BCUT2D eigenvalue weighted by Gasteiger charge is 2.29. The minimum absolute atomic E-state index is 0.189. The van der Waals surface area contributed by atoms with Gasteiger partial charge in [-0.2, -0.15) is 0 Å². The van der Waals surface area contributed by atoms with Crippen molar-refractivity contribution in [1.82, 2.24) is 0 Å². The maximum atomic E-state index is 13.6. The largest absolute Gasteiger partial charge is 0.320 e. The molecule has 0 saturated heterocycles. The molecule has 0 aliphatic carbocycles. The first-order valence-corrected chi connectivity index (χ1v) is 5.49. The Bertz CT molecular complexity index is 419. The molecule has 1 aliphatic heterocycles. The van der Waals surface area contributed by atoms with Crippen molar-refractivity contribution in [3.63, 3.8) is 0 Å². The fraction of sp³-hybridized carbons (Fsp3) is 0.417. The molecule has 1 aromatic rings. The Kier molecular flexibility index (Phi) is 2.92. The molecule has 3 nitrogen and oxygen atoms in total. The molecule has 0 aromatic heterocycles. The fourth-order valence-corrected chi connectivity index (χ4v) is 2.00. The minimum atomic E-state index is -0.537. The van der Waals surface area contributed by atoms with Crippen LogP contribution < -0.4 is 10.6 Å². The van der Waals surface area contributed by atoms with E-state index in [1.165, 1.54) is 11.0 Å². The van der Waals surface area contributed by atoms with Crippen LogP contribution in [0.5, 0.6) is 0 Å². The Morgan fingerprint density at radius 2 is 2.38 bits per heavy atom. The number of fused-ring (bicyclic) bond motifs is 1. The van der Waals surface area contributed by atoms with Gasteiger partial charge in [-0.05, 0) is 24.5 Å². The maximum Gasteiger partial charge on any atom is 0.243 e. The Morgan fingerprint density at radius 3 is 3.06 bits per heavy atom. The first-order chi connectivity index (χ1) is 7.65. The van der Waals surface area contributed by atoms with E-state index in [0.717, 1.165) is 5.56 Å². The van der Waals surface area contributed by atoms with Crippen LogP contribution >= 0.6 is 0 Å². The summed E-state index contributed by atoms with van der Waals surface area (Å²) in [5, 5.41) is 0. The first-order valence-electron chi connectivity index (χ1n) is 5.49. The molecule has 1 amide bonds. The maximum absolute atomic E-state index is 13.6. The second kappa shape index (κ2) is 4.22. The zero-order chi connectivity index (χ0) is 11.7. The van der Waals surface area contributed by atoms with Crippen molar-refractivity contribution in [3.8, 4) is 0 Å². The van der Waals surface area contributed by atoms with Gasteiger partial charge in [-0.1, -0.05) is 19.1 Å². The number of nitrogens with two attached hydrogens (primary N) is 1. The molecule has 0 unspecified atom stereocenters. The number of para-hydroxylation sites is 1. The average Bonchev–Trinajstić information content (AvgIpc) is 2.72. The van der Waals surface area contributed by atoms with Crippen LogP contribution in [0.25, 0.3) is 0 Å². The van der Waals surface area contributed by atoms with E-state index in [4.69, 9.17) is 5.73 Å². The van der Waals surface area contributed by atoms with Crippen LogP contribution in [0.4, 0.5) is 10.1 Å². The van der Waals surface area contributed by atoms with Crippen LogP contribution in [0.15, 0.2) is 18.2 Å². The minimum Gasteiger partial charge on any atom is -0.320 e. The van der Waals surface area contributed by atoms with Crippen LogP contribution in [-0.4, -0.2) is 18.5 Å². The number of benzene rings is 1. The number of hydrogen-bond acceptors (Lipinski definition) is 2. The molecule has 86 valence electrons. The predicted octanol–water partition coefficient (Wildman–Crippen LogP) is 1.45. The third kappa shape index (κ3) is 1.69. The lowest BCUT2D eigenvalue weighted by Gasteiger charge is -2.21. The lowest BCUT2D eigenvalue weighted by molar-refractivity contribution is -0.119. The van der Waals surface area contributed by atoms with E-state index in [1.54, 1.807) is 6.07 Å². The number of carbonyl (C=O) groups excluding carboxylic acids is 1. The summed E-state index contributed by atoms with van der Waals surface area (Å²) in [5.41, 5.74) is 6.99. The van der Waals surface area contributed by atoms with E-state index in [-0.39, 0.29) is 11.7 Å². The Hall–Kier alpha value is -1.42. The van der Waals surface area contributed by atoms with E-state index in [2.05, 4.69) is 0 Å². The summed E-state index contributed by atoms with van der Waals surface area (Å²) < 4.78 is 13.6. The van der Waals surface area contributed by atoms with Gasteiger partial charge in [0, 0.05) is 6.54 Å². The summed E-state index contributed by atoms with van der Waals surface area (Å²) >= 11 is 0. The van der Waals surface area contributed by atoms with Crippen LogP contribution in [-0.2, 0) is 11.2 Å². The first kappa shape index (κ1) is 11.1. The highest BCUT2D eigenvalue weighted by atomic mass is 19.1. The molecule has 2 rings (SSSR count). The topological polar surface area (TPSA) is 46.3 Å². The highest BCUT2D eigenvalue weighted by molar-refractivity contribution is 5.98. The number of halogens is 1. The van der Waals surface area contributed by atoms with Gasteiger partial charge in [-0.15, -0.1) is 0 Å². The number of amides is 1. The van der Waals surface area contributed by atoms with Gasteiger partial charge in [-0.25, -0.2) is 4.39 Å². The van der Waals surface area contributed by atoms with E-state index in [0.29, 0.717) is 25.1 Å².